The fraction of sp³-hybridized carbons (Fsp3) is 0.889. The van der Waals surface area contributed by atoms with Crippen LogP contribution in [0.4, 0.5) is 0 Å². The summed E-state index contributed by atoms with van der Waals surface area (Å²) in [6.07, 6.45) is 0.229. The van der Waals surface area contributed by atoms with E-state index in [4.69, 9.17) is 5.11 Å². The SMILES string of the molecule is CN(CCC(=O)O)CC(C)(C)C. The molecule has 0 fully saturated rings. The third-order valence-electron chi connectivity index (χ3n) is 1.45. The summed E-state index contributed by atoms with van der Waals surface area (Å²) in [6.45, 7) is 7.99. The van der Waals surface area contributed by atoms with Crippen LogP contribution in [0.25, 0.3) is 0 Å². The average Bonchev–Trinajstić information content (AvgIpc) is 1.79. The second-order valence-electron chi connectivity index (χ2n) is 4.44. The fourth-order valence-electron chi connectivity index (χ4n) is 1.18. The molecular weight excluding hydrogens is 154 g/mol. The first-order chi connectivity index (χ1) is 5.31. The van der Waals surface area contributed by atoms with Gasteiger partial charge < -0.3 is 10.0 Å². The monoisotopic (exact) mass is 173 g/mol. The minimum atomic E-state index is -0.726. The normalized spacial score (nSPS) is 12.1. The van der Waals surface area contributed by atoms with E-state index in [1.807, 2.05) is 11.9 Å². The molecule has 0 rings (SSSR count). The van der Waals surface area contributed by atoms with Gasteiger partial charge in [-0.05, 0) is 12.5 Å². The first kappa shape index (κ1) is 11.4. The Morgan fingerprint density at radius 2 is 1.92 bits per heavy atom. The van der Waals surface area contributed by atoms with Crippen LogP contribution in [0.15, 0.2) is 0 Å². The van der Waals surface area contributed by atoms with Crippen LogP contribution in [-0.4, -0.2) is 36.1 Å². The third kappa shape index (κ3) is 7.54. The fourth-order valence-corrected chi connectivity index (χ4v) is 1.18. The molecule has 1 N–H and O–H groups in total. The van der Waals surface area contributed by atoms with Gasteiger partial charge in [0.05, 0.1) is 6.42 Å². The summed E-state index contributed by atoms with van der Waals surface area (Å²) in [5.74, 6) is -0.726. The maximum absolute atomic E-state index is 10.2. The molecule has 0 aromatic rings. The second-order valence-corrected chi connectivity index (χ2v) is 4.44. The van der Waals surface area contributed by atoms with Crippen molar-refractivity contribution in [3.63, 3.8) is 0 Å². The Morgan fingerprint density at radius 3 is 2.25 bits per heavy atom. The Hall–Kier alpha value is -0.570. The summed E-state index contributed by atoms with van der Waals surface area (Å²) in [5, 5.41) is 8.43. The molecule has 0 aromatic carbocycles. The molecular formula is C9H19NO2. The molecule has 72 valence electrons. The van der Waals surface area contributed by atoms with Gasteiger partial charge in [-0.1, -0.05) is 20.8 Å². The number of carboxylic acids is 1. The molecule has 0 unspecified atom stereocenters. The predicted molar refractivity (Wildman–Crippen MR) is 49.2 cm³/mol. The van der Waals surface area contributed by atoms with Crippen molar-refractivity contribution in [3.8, 4) is 0 Å². The van der Waals surface area contributed by atoms with Crippen molar-refractivity contribution in [2.45, 2.75) is 27.2 Å². The summed E-state index contributed by atoms with van der Waals surface area (Å²) < 4.78 is 0. The van der Waals surface area contributed by atoms with Crippen molar-refractivity contribution >= 4 is 5.97 Å². The van der Waals surface area contributed by atoms with E-state index in [0.717, 1.165) is 6.54 Å². The van der Waals surface area contributed by atoms with Gasteiger partial charge in [0.15, 0.2) is 0 Å². The highest BCUT2D eigenvalue weighted by molar-refractivity contribution is 5.66. The Balaban J connectivity index is 3.60. The first-order valence-corrected chi connectivity index (χ1v) is 4.21. The van der Waals surface area contributed by atoms with Crippen LogP contribution in [0.2, 0.25) is 0 Å². The van der Waals surface area contributed by atoms with E-state index in [2.05, 4.69) is 20.8 Å². The zero-order valence-electron chi connectivity index (χ0n) is 8.42. The minimum Gasteiger partial charge on any atom is -0.481 e. The molecule has 0 saturated carbocycles. The van der Waals surface area contributed by atoms with Gasteiger partial charge in [-0.3, -0.25) is 4.79 Å². The molecule has 3 nitrogen and oxygen atoms in total. The third-order valence-corrected chi connectivity index (χ3v) is 1.45. The van der Waals surface area contributed by atoms with Crippen LogP contribution < -0.4 is 0 Å². The van der Waals surface area contributed by atoms with Crippen LogP contribution in [0.5, 0.6) is 0 Å². The molecule has 0 radical (unpaired) electrons. The lowest BCUT2D eigenvalue weighted by Crippen LogP contribution is -2.30. The summed E-state index contributed by atoms with van der Waals surface area (Å²) in [4.78, 5) is 12.3. The van der Waals surface area contributed by atoms with Crippen molar-refractivity contribution < 1.29 is 9.90 Å². The van der Waals surface area contributed by atoms with Gasteiger partial charge in [0, 0.05) is 13.1 Å². The minimum absolute atomic E-state index is 0.229. The molecule has 0 aliphatic rings. The molecule has 0 aromatic heterocycles. The van der Waals surface area contributed by atoms with E-state index in [1.54, 1.807) is 0 Å². The number of hydrogen-bond donors (Lipinski definition) is 1. The number of carbonyl (C=O) groups is 1. The quantitative estimate of drug-likeness (QED) is 0.699. The van der Waals surface area contributed by atoms with E-state index >= 15 is 0 Å². The van der Waals surface area contributed by atoms with Gasteiger partial charge in [-0.2, -0.15) is 0 Å². The average molecular weight is 173 g/mol. The zero-order valence-corrected chi connectivity index (χ0v) is 8.42. The Bertz CT molecular complexity index is 149. The van der Waals surface area contributed by atoms with E-state index in [1.165, 1.54) is 0 Å². The topological polar surface area (TPSA) is 40.5 Å². The van der Waals surface area contributed by atoms with Gasteiger partial charge in [-0.25, -0.2) is 0 Å². The Kier molecular flexibility index (Phi) is 4.24. The smallest absolute Gasteiger partial charge is 0.304 e. The molecule has 0 amide bonds. The second kappa shape index (κ2) is 4.45. The van der Waals surface area contributed by atoms with Crippen LogP contribution in [-0.2, 0) is 4.79 Å². The van der Waals surface area contributed by atoms with Gasteiger partial charge in [0.1, 0.15) is 0 Å². The van der Waals surface area contributed by atoms with E-state index < -0.39 is 5.97 Å². The molecule has 0 saturated heterocycles. The Morgan fingerprint density at radius 1 is 1.42 bits per heavy atom. The number of nitrogens with zero attached hydrogens (tertiary/aromatic N) is 1. The lowest BCUT2D eigenvalue weighted by Gasteiger charge is -2.25. The maximum Gasteiger partial charge on any atom is 0.304 e. The van der Waals surface area contributed by atoms with Crippen molar-refractivity contribution in [3.05, 3.63) is 0 Å². The molecule has 3 heteroatoms. The van der Waals surface area contributed by atoms with Crippen LogP contribution in [0, 0.1) is 5.41 Å². The first-order valence-electron chi connectivity index (χ1n) is 4.21. The largest absolute Gasteiger partial charge is 0.481 e. The summed E-state index contributed by atoms with van der Waals surface area (Å²) in [6, 6.07) is 0. The lowest BCUT2D eigenvalue weighted by molar-refractivity contribution is -0.137. The van der Waals surface area contributed by atoms with Gasteiger partial charge in [0.25, 0.3) is 0 Å². The van der Waals surface area contributed by atoms with E-state index in [9.17, 15) is 4.79 Å². The zero-order chi connectivity index (χ0) is 9.78. The van der Waals surface area contributed by atoms with Crippen molar-refractivity contribution in [1.82, 2.24) is 4.90 Å². The number of carboxylic acid groups (broad SMARTS) is 1. The molecule has 12 heavy (non-hydrogen) atoms. The molecule has 0 heterocycles. The van der Waals surface area contributed by atoms with Gasteiger partial charge in [-0.15, -0.1) is 0 Å². The molecule has 0 bridgehead atoms. The van der Waals surface area contributed by atoms with E-state index in [0.29, 0.717) is 6.54 Å². The highest BCUT2D eigenvalue weighted by Gasteiger charge is 2.13. The Labute approximate surface area is 74.4 Å². The summed E-state index contributed by atoms with van der Waals surface area (Å²) in [5.41, 5.74) is 0.243. The van der Waals surface area contributed by atoms with Crippen LogP contribution in [0.1, 0.15) is 27.2 Å². The number of aliphatic carboxylic acids is 1. The van der Waals surface area contributed by atoms with Gasteiger partial charge in [0.2, 0.25) is 0 Å². The van der Waals surface area contributed by atoms with Gasteiger partial charge >= 0.3 is 5.97 Å². The summed E-state index contributed by atoms with van der Waals surface area (Å²) >= 11 is 0. The lowest BCUT2D eigenvalue weighted by atomic mass is 9.96. The van der Waals surface area contributed by atoms with Crippen LogP contribution in [0.3, 0.4) is 0 Å². The predicted octanol–water partition coefficient (Wildman–Crippen LogP) is 1.44. The number of hydrogen-bond acceptors (Lipinski definition) is 2. The molecule has 0 atom stereocenters. The maximum atomic E-state index is 10.2. The number of rotatable bonds is 4. The van der Waals surface area contributed by atoms with Crippen molar-refractivity contribution in [2.24, 2.45) is 5.41 Å². The standard InChI is InChI=1S/C9H19NO2/c1-9(2,3)7-10(4)6-5-8(11)12/h5-7H2,1-4H3,(H,11,12). The van der Waals surface area contributed by atoms with Crippen LogP contribution >= 0.6 is 0 Å². The molecule has 0 aliphatic carbocycles. The highest BCUT2D eigenvalue weighted by Crippen LogP contribution is 2.13. The van der Waals surface area contributed by atoms with Crippen molar-refractivity contribution in [2.75, 3.05) is 20.1 Å². The summed E-state index contributed by atoms with van der Waals surface area (Å²) in [7, 11) is 1.95. The van der Waals surface area contributed by atoms with Crippen molar-refractivity contribution in [1.29, 1.82) is 0 Å². The highest BCUT2D eigenvalue weighted by atomic mass is 16.4. The molecule has 0 aliphatic heterocycles. The van der Waals surface area contributed by atoms with E-state index in [-0.39, 0.29) is 11.8 Å². The molecule has 0 spiro atoms.